The van der Waals surface area contributed by atoms with Crippen LogP contribution in [0.2, 0.25) is 0 Å². The van der Waals surface area contributed by atoms with E-state index in [0.717, 1.165) is 6.07 Å². The summed E-state index contributed by atoms with van der Waals surface area (Å²) in [5, 5.41) is 3.51. The summed E-state index contributed by atoms with van der Waals surface area (Å²) in [4.78, 5) is 2.71. The molecule has 25 heavy (non-hydrogen) atoms. The maximum Gasteiger partial charge on any atom is 0.167 e. The van der Waals surface area contributed by atoms with Gasteiger partial charge in [-0.3, -0.25) is 0 Å². The Morgan fingerprint density at radius 2 is 2.16 bits per heavy atom. The first-order valence-electron chi connectivity index (χ1n) is 7.87. The minimum absolute atomic E-state index is 0.00253. The van der Waals surface area contributed by atoms with Crippen molar-refractivity contribution in [3.63, 3.8) is 0 Å². The molecule has 0 radical (unpaired) electrons. The lowest BCUT2D eigenvalue weighted by Gasteiger charge is -2.28. The molecule has 0 bridgehead atoms. The van der Waals surface area contributed by atoms with Gasteiger partial charge in [-0.05, 0) is 46.2 Å². The molecule has 0 saturated heterocycles. The molecule has 2 rings (SSSR count). The number of hydrogen-bond acceptors (Lipinski definition) is 4. The highest BCUT2D eigenvalue weighted by Crippen LogP contribution is 2.43. The van der Waals surface area contributed by atoms with Crippen molar-refractivity contribution in [2.45, 2.75) is 57.4 Å². The molecule has 0 spiro atoms. The standard InChI is InChI=1S/C16H22F2N4O2S/c1-9(21-25(23)15(2,3)4)12-13(18)11(17)6-10-7-16(5,8-20-22-19)24-14(10)12/h6,9,21H,7-8H2,1-5H3/t9-,16-,25-/m1/s1. The molecule has 0 unspecified atom stereocenters. The third kappa shape index (κ3) is 4.17. The average molecular weight is 372 g/mol. The predicted octanol–water partition coefficient (Wildman–Crippen LogP) is 4.08. The van der Waals surface area contributed by atoms with Gasteiger partial charge in [0, 0.05) is 28.3 Å². The number of halogens is 2. The zero-order valence-corrected chi connectivity index (χ0v) is 15.7. The van der Waals surface area contributed by atoms with Crippen molar-refractivity contribution in [2.75, 3.05) is 6.54 Å². The first kappa shape index (κ1) is 19.8. The average Bonchev–Trinajstić information content (AvgIpc) is 2.81. The van der Waals surface area contributed by atoms with Crippen molar-refractivity contribution in [2.24, 2.45) is 5.11 Å². The highest BCUT2D eigenvalue weighted by atomic mass is 32.2. The maximum atomic E-state index is 14.5. The highest BCUT2D eigenvalue weighted by molar-refractivity contribution is 7.90. The molecule has 1 aliphatic rings. The SMILES string of the molecule is C[C@@H](N[S@+]([O-])C(C)(C)C)c1c(F)c(F)cc2c1O[C@@](C)(CN=[N+]=[N-])C2. The smallest absolute Gasteiger partial charge is 0.167 e. The van der Waals surface area contributed by atoms with Gasteiger partial charge in [0.05, 0.1) is 18.2 Å². The molecule has 0 aromatic heterocycles. The molecule has 1 aliphatic heterocycles. The molecule has 1 aromatic rings. The Morgan fingerprint density at radius 1 is 1.52 bits per heavy atom. The molecule has 9 heteroatoms. The first-order valence-corrected chi connectivity index (χ1v) is 9.02. The predicted molar refractivity (Wildman–Crippen MR) is 92.6 cm³/mol. The second kappa shape index (κ2) is 6.99. The molecule has 1 N–H and O–H groups in total. The second-order valence-electron chi connectivity index (χ2n) is 7.41. The van der Waals surface area contributed by atoms with E-state index in [1.54, 1.807) is 34.6 Å². The van der Waals surface area contributed by atoms with Gasteiger partial charge in [0.15, 0.2) is 11.6 Å². The van der Waals surface area contributed by atoms with Gasteiger partial charge in [-0.2, -0.15) is 0 Å². The summed E-state index contributed by atoms with van der Waals surface area (Å²) in [7, 11) is 0. The molecule has 1 aromatic carbocycles. The Morgan fingerprint density at radius 3 is 2.72 bits per heavy atom. The molecule has 138 valence electrons. The molecule has 0 saturated carbocycles. The van der Waals surface area contributed by atoms with E-state index in [1.807, 2.05) is 0 Å². The van der Waals surface area contributed by atoms with Crippen molar-refractivity contribution < 1.29 is 18.1 Å². The third-order valence-corrected chi connectivity index (χ3v) is 5.62. The molecule has 6 nitrogen and oxygen atoms in total. The molecule has 3 atom stereocenters. The lowest BCUT2D eigenvalue weighted by Crippen LogP contribution is -2.41. The Hall–Kier alpha value is -1.54. The van der Waals surface area contributed by atoms with Gasteiger partial charge in [0.2, 0.25) is 0 Å². The summed E-state index contributed by atoms with van der Waals surface area (Å²) in [5.74, 6) is -1.79. The molecular weight excluding hydrogens is 350 g/mol. The van der Waals surface area contributed by atoms with Crippen LogP contribution in [-0.4, -0.2) is 21.4 Å². The van der Waals surface area contributed by atoms with Crippen LogP contribution < -0.4 is 9.46 Å². The monoisotopic (exact) mass is 372 g/mol. The van der Waals surface area contributed by atoms with Gasteiger partial charge in [0.1, 0.15) is 16.1 Å². The van der Waals surface area contributed by atoms with Gasteiger partial charge in [-0.15, -0.1) is 4.72 Å². The van der Waals surface area contributed by atoms with E-state index in [9.17, 15) is 13.3 Å². The fraction of sp³-hybridized carbons (Fsp3) is 0.625. The van der Waals surface area contributed by atoms with Gasteiger partial charge in [0.25, 0.3) is 0 Å². The van der Waals surface area contributed by atoms with Crippen LogP contribution in [0.15, 0.2) is 11.2 Å². The van der Waals surface area contributed by atoms with Crippen LogP contribution in [0.4, 0.5) is 8.78 Å². The fourth-order valence-electron chi connectivity index (χ4n) is 2.67. The zero-order valence-electron chi connectivity index (χ0n) is 14.9. The van der Waals surface area contributed by atoms with E-state index in [-0.39, 0.29) is 17.9 Å². The molecule has 0 fully saturated rings. The highest BCUT2D eigenvalue weighted by Gasteiger charge is 2.40. The van der Waals surface area contributed by atoms with Gasteiger partial charge < -0.3 is 9.29 Å². The lowest BCUT2D eigenvalue weighted by atomic mass is 9.97. The Labute approximate surface area is 148 Å². The Bertz CT molecular complexity index is 719. The fourth-order valence-corrected chi connectivity index (χ4v) is 3.47. The van der Waals surface area contributed by atoms with Crippen LogP contribution >= 0.6 is 0 Å². The zero-order chi connectivity index (χ0) is 19.0. The Kier molecular flexibility index (Phi) is 5.53. The number of nitrogens with one attached hydrogen (secondary N) is 1. The number of benzene rings is 1. The van der Waals surface area contributed by atoms with Crippen molar-refractivity contribution >= 4 is 11.4 Å². The van der Waals surface area contributed by atoms with E-state index in [0.29, 0.717) is 12.0 Å². The normalized spacial score (nSPS) is 21.9. The maximum absolute atomic E-state index is 14.5. The number of fused-ring (bicyclic) bond motifs is 1. The van der Waals surface area contributed by atoms with Gasteiger partial charge in [-0.25, -0.2) is 8.78 Å². The van der Waals surface area contributed by atoms with Crippen molar-refractivity contribution in [1.82, 2.24) is 4.72 Å². The van der Waals surface area contributed by atoms with Crippen molar-refractivity contribution in [1.29, 1.82) is 0 Å². The van der Waals surface area contributed by atoms with Gasteiger partial charge >= 0.3 is 0 Å². The second-order valence-corrected chi connectivity index (χ2v) is 9.41. The molecule has 0 aliphatic carbocycles. The summed E-state index contributed by atoms with van der Waals surface area (Å²) in [6.07, 6.45) is 0.292. The van der Waals surface area contributed by atoms with E-state index >= 15 is 0 Å². The quantitative estimate of drug-likeness (QED) is 0.365. The number of rotatable bonds is 5. The van der Waals surface area contributed by atoms with E-state index in [1.165, 1.54) is 0 Å². The number of ether oxygens (including phenoxy) is 1. The van der Waals surface area contributed by atoms with Crippen LogP contribution in [0.25, 0.3) is 10.4 Å². The lowest BCUT2D eigenvalue weighted by molar-refractivity contribution is 0.123. The molecular formula is C16H22F2N4O2S. The van der Waals surface area contributed by atoms with Crippen LogP contribution in [0.5, 0.6) is 5.75 Å². The van der Waals surface area contributed by atoms with Crippen molar-refractivity contribution in [3.05, 3.63) is 39.3 Å². The minimum Gasteiger partial charge on any atom is -0.598 e. The number of nitrogens with zero attached hydrogens (tertiary/aromatic N) is 3. The first-order chi connectivity index (χ1) is 11.5. The van der Waals surface area contributed by atoms with Crippen LogP contribution in [-0.2, 0) is 17.8 Å². The van der Waals surface area contributed by atoms with Crippen LogP contribution in [0.3, 0.4) is 0 Å². The van der Waals surface area contributed by atoms with Crippen molar-refractivity contribution in [3.8, 4) is 5.75 Å². The van der Waals surface area contributed by atoms with Gasteiger partial charge in [-0.1, -0.05) is 5.11 Å². The Balaban J connectivity index is 2.39. The summed E-state index contributed by atoms with van der Waals surface area (Å²) in [6.45, 7) is 8.70. The topological polar surface area (TPSA) is 93.1 Å². The number of azide groups is 1. The van der Waals surface area contributed by atoms with E-state index < -0.39 is 39.4 Å². The summed E-state index contributed by atoms with van der Waals surface area (Å²) in [5.41, 5.74) is 8.13. The summed E-state index contributed by atoms with van der Waals surface area (Å²) >= 11 is -1.46. The van der Waals surface area contributed by atoms with Crippen LogP contribution in [0.1, 0.15) is 51.8 Å². The van der Waals surface area contributed by atoms with E-state index in [4.69, 9.17) is 10.3 Å². The summed E-state index contributed by atoms with van der Waals surface area (Å²) in [6, 6.07) is 0.370. The number of hydrogen-bond donors (Lipinski definition) is 1. The third-order valence-electron chi connectivity index (χ3n) is 3.94. The van der Waals surface area contributed by atoms with Crippen LogP contribution in [0, 0.1) is 11.6 Å². The van der Waals surface area contributed by atoms with E-state index in [2.05, 4.69) is 14.7 Å². The summed E-state index contributed by atoms with van der Waals surface area (Å²) < 4.78 is 48.9. The molecule has 1 heterocycles. The largest absolute Gasteiger partial charge is 0.598 e. The molecule has 0 amide bonds. The minimum atomic E-state index is -1.46.